The summed E-state index contributed by atoms with van der Waals surface area (Å²) in [4.78, 5) is 8.32. The lowest BCUT2D eigenvalue weighted by atomic mass is 10.3. The third kappa shape index (κ3) is 1.12. The lowest BCUT2D eigenvalue weighted by molar-refractivity contribution is 1.30. The van der Waals surface area contributed by atoms with Crippen LogP contribution in [0.3, 0.4) is 0 Å². The largest absolute Gasteiger partial charge is 0.346 e. The van der Waals surface area contributed by atoms with Crippen molar-refractivity contribution in [3.63, 3.8) is 0 Å². The standard InChI is InChI=1S/C7H6N2S2/c10-11-6-2-4-9-7-5(6)1-3-8-7/h1-4,10H,(H,8,9). The molecule has 0 aliphatic rings. The summed E-state index contributed by atoms with van der Waals surface area (Å²) in [7, 11) is 1.44. The van der Waals surface area contributed by atoms with E-state index in [1.165, 1.54) is 10.8 Å². The summed E-state index contributed by atoms with van der Waals surface area (Å²) >= 11 is 4.14. The molecule has 0 aromatic carbocycles. The molecule has 2 aromatic heterocycles. The monoisotopic (exact) mass is 182 g/mol. The molecule has 56 valence electrons. The molecule has 2 rings (SSSR count). The van der Waals surface area contributed by atoms with Crippen LogP contribution in [0.5, 0.6) is 0 Å². The van der Waals surface area contributed by atoms with Gasteiger partial charge in [-0.2, -0.15) is 0 Å². The summed E-state index contributed by atoms with van der Waals surface area (Å²) < 4.78 is 0. The molecule has 0 radical (unpaired) electrons. The van der Waals surface area contributed by atoms with Crippen LogP contribution in [0.1, 0.15) is 0 Å². The Balaban J connectivity index is 2.79. The molecule has 0 aliphatic heterocycles. The molecule has 11 heavy (non-hydrogen) atoms. The summed E-state index contributed by atoms with van der Waals surface area (Å²) in [6, 6.07) is 3.95. The number of H-pyrrole nitrogens is 1. The van der Waals surface area contributed by atoms with Gasteiger partial charge in [-0.25, -0.2) is 4.98 Å². The van der Waals surface area contributed by atoms with E-state index in [1.807, 2.05) is 18.3 Å². The maximum Gasteiger partial charge on any atom is 0.138 e. The molecule has 0 spiro atoms. The number of nitrogens with zero attached hydrogens (tertiary/aromatic N) is 1. The third-order valence-corrected chi connectivity index (χ3v) is 2.66. The Bertz CT molecular complexity index is 369. The number of aromatic nitrogens is 2. The van der Waals surface area contributed by atoms with Crippen molar-refractivity contribution in [3.8, 4) is 0 Å². The summed E-state index contributed by atoms with van der Waals surface area (Å²) in [5.41, 5.74) is 0.920. The van der Waals surface area contributed by atoms with Crippen molar-refractivity contribution in [1.29, 1.82) is 0 Å². The molecule has 0 saturated carbocycles. The van der Waals surface area contributed by atoms with E-state index in [0.29, 0.717) is 0 Å². The SMILES string of the molecule is SSc1ccnc2[nH]ccc12. The predicted octanol–water partition coefficient (Wildman–Crippen LogP) is 2.50. The number of pyridine rings is 1. The van der Waals surface area contributed by atoms with Gasteiger partial charge in [-0.15, -0.1) is 11.7 Å². The van der Waals surface area contributed by atoms with Gasteiger partial charge in [-0.05, 0) is 12.1 Å². The maximum atomic E-state index is 4.15. The Morgan fingerprint density at radius 2 is 2.36 bits per heavy atom. The quantitative estimate of drug-likeness (QED) is 0.524. The van der Waals surface area contributed by atoms with E-state index in [4.69, 9.17) is 0 Å². The number of nitrogens with one attached hydrogen (secondary N) is 1. The Labute approximate surface area is 73.2 Å². The molecule has 0 aliphatic carbocycles. The zero-order valence-electron chi connectivity index (χ0n) is 5.61. The van der Waals surface area contributed by atoms with Gasteiger partial charge in [0.2, 0.25) is 0 Å². The minimum atomic E-state index is 0.920. The van der Waals surface area contributed by atoms with Crippen LogP contribution in [0.15, 0.2) is 29.4 Å². The van der Waals surface area contributed by atoms with Gasteiger partial charge in [0.15, 0.2) is 0 Å². The van der Waals surface area contributed by atoms with Gasteiger partial charge >= 0.3 is 0 Å². The van der Waals surface area contributed by atoms with E-state index in [-0.39, 0.29) is 0 Å². The first-order valence-electron chi connectivity index (χ1n) is 3.15. The smallest absolute Gasteiger partial charge is 0.138 e. The zero-order valence-corrected chi connectivity index (χ0v) is 7.32. The van der Waals surface area contributed by atoms with Crippen molar-refractivity contribution in [3.05, 3.63) is 24.5 Å². The van der Waals surface area contributed by atoms with Crippen LogP contribution in [0.4, 0.5) is 0 Å². The zero-order chi connectivity index (χ0) is 7.68. The number of thiol groups is 1. The van der Waals surface area contributed by atoms with E-state index in [1.54, 1.807) is 6.20 Å². The number of hydrogen-bond acceptors (Lipinski definition) is 3. The lowest BCUT2D eigenvalue weighted by Gasteiger charge is -1.94. The maximum absolute atomic E-state index is 4.15. The van der Waals surface area contributed by atoms with Crippen LogP contribution in [0, 0.1) is 0 Å². The van der Waals surface area contributed by atoms with Crippen molar-refractivity contribution in [2.45, 2.75) is 4.90 Å². The second-order valence-electron chi connectivity index (χ2n) is 2.14. The highest BCUT2D eigenvalue weighted by atomic mass is 33.1. The van der Waals surface area contributed by atoms with Gasteiger partial charge in [-0.1, -0.05) is 10.8 Å². The van der Waals surface area contributed by atoms with E-state index in [0.717, 1.165) is 15.9 Å². The normalized spacial score (nSPS) is 10.6. The molecule has 0 saturated heterocycles. The summed E-state index contributed by atoms with van der Waals surface area (Å²) in [5.74, 6) is 0. The van der Waals surface area contributed by atoms with E-state index >= 15 is 0 Å². The molecule has 0 unspecified atom stereocenters. The molecular weight excluding hydrogens is 176 g/mol. The van der Waals surface area contributed by atoms with E-state index < -0.39 is 0 Å². The summed E-state index contributed by atoms with van der Waals surface area (Å²) in [5, 5.41) is 1.13. The van der Waals surface area contributed by atoms with Gasteiger partial charge in [0.25, 0.3) is 0 Å². The van der Waals surface area contributed by atoms with Gasteiger partial charge in [0.1, 0.15) is 5.65 Å². The van der Waals surface area contributed by atoms with Crippen molar-refractivity contribution in [2.75, 3.05) is 0 Å². The molecule has 4 heteroatoms. The van der Waals surface area contributed by atoms with Gasteiger partial charge < -0.3 is 4.98 Å². The van der Waals surface area contributed by atoms with E-state index in [9.17, 15) is 0 Å². The first-order valence-corrected chi connectivity index (χ1v) is 5.02. The van der Waals surface area contributed by atoms with Crippen molar-refractivity contribution < 1.29 is 0 Å². The first-order chi connectivity index (χ1) is 5.42. The average molecular weight is 182 g/mol. The summed E-state index contributed by atoms with van der Waals surface area (Å²) in [6.07, 6.45) is 3.66. The minimum absolute atomic E-state index is 0.920. The van der Waals surface area contributed by atoms with Crippen LogP contribution < -0.4 is 0 Å². The highest BCUT2D eigenvalue weighted by molar-refractivity contribution is 8.68. The number of rotatable bonds is 1. The van der Waals surface area contributed by atoms with Crippen LogP contribution in [-0.4, -0.2) is 9.97 Å². The molecule has 0 bridgehead atoms. The molecule has 1 N–H and O–H groups in total. The molecule has 0 fully saturated rings. The van der Waals surface area contributed by atoms with Gasteiger partial charge in [0.05, 0.1) is 0 Å². The number of fused-ring (bicyclic) bond motifs is 1. The van der Waals surface area contributed by atoms with Crippen LogP contribution in [0.2, 0.25) is 0 Å². The average Bonchev–Trinajstić information content (AvgIpc) is 2.50. The Morgan fingerprint density at radius 1 is 1.45 bits per heavy atom. The van der Waals surface area contributed by atoms with Gasteiger partial charge in [0, 0.05) is 22.7 Å². The molecule has 0 atom stereocenters. The Morgan fingerprint density at radius 3 is 3.18 bits per heavy atom. The van der Waals surface area contributed by atoms with Crippen molar-refractivity contribution in [2.24, 2.45) is 0 Å². The minimum Gasteiger partial charge on any atom is -0.346 e. The van der Waals surface area contributed by atoms with Crippen molar-refractivity contribution >= 4 is 33.5 Å². The van der Waals surface area contributed by atoms with Gasteiger partial charge in [-0.3, -0.25) is 0 Å². The van der Waals surface area contributed by atoms with Crippen LogP contribution in [-0.2, 0) is 0 Å². The Hall–Kier alpha value is -0.610. The van der Waals surface area contributed by atoms with E-state index in [2.05, 4.69) is 21.6 Å². The lowest BCUT2D eigenvalue weighted by Crippen LogP contribution is -1.75. The molecule has 2 nitrogen and oxygen atoms in total. The van der Waals surface area contributed by atoms with Crippen LogP contribution >= 0.6 is 22.5 Å². The second kappa shape index (κ2) is 2.79. The Kier molecular flexibility index (Phi) is 1.79. The first kappa shape index (κ1) is 7.06. The topological polar surface area (TPSA) is 28.7 Å². The predicted molar refractivity (Wildman–Crippen MR) is 50.9 cm³/mol. The fourth-order valence-corrected chi connectivity index (χ4v) is 1.88. The number of hydrogen-bond donors (Lipinski definition) is 2. The van der Waals surface area contributed by atoms with Crippen molar-refractivity contribution in [1.82, 2.24) is 9.97 Å². The highest BCUT2D eigenvalue weighted by Gasteiger charge is 1.99. The number of aromatic amines is 1. The molecule has 0 amide bonds. The highest BCUT2D eigenvalue weighted by Crippen LogP contribution is 2.27. The fraction of sp³-hybridized carbons (Fsp3) is 0. The molecular formula is C7H6N2S2. The van der Waals surface area contributed by atoms with Crippen LogP contribution in [0.25, 0.3) is 11.0 Å². The summed E-state index contributed by atoms with van der Waals surface area (Å²) in [6.45, 7) is 0. The molecule has 2 heterocycles. The third-order valence-electron chi connectivity index (χ3n) is 1.52. The fourth-order valence-electron chi connectivity index (χ4n) is 1.02. The molecule has 2 aromatic rings. The second-order valence-corrected chi connectivity index (χ2v) is 3.31.